The van der Waals surface area contributed by atoms with Gasteiger partial charge >= 0.3 is 0 Å². The van der Waals surface area contributed by atoms with Gasteiger partial charge in [0.25, 0.3) is 0 Å². The molecule has 0 saturated carbocycles. The quantitative estimate of drug-likeness (QED) is 0.395. The van der Waals surface area contributed by atoms with Crippen LogP contribution < -0.4 is 0 Å². The van der Waals surface area contributed by atoms with Crippen molar-refractivity contribution in [2.75, 3.05) is 0 Å². The maximum Gasteiger partial charge on any atom is 0 e. The summed E-state index contributed by atoms with van der Waals surface area (Å²) in [6, 6.07) is 0. The minimum atomic E-state index is 0. The molecule has 20 N–H and O–H groups in total. The van der Waals surface area contributed by atoms with Gasteiger partial charge in [0, 0.05) is 26.2 Å². The molecule has 0 bridgehead atoms. The monoisotopic (exact) mass is 270 g/mol. The van der Waals surface area contributed by atoms with Crippen LogP contribution in [0.15, 0.2) is 0 Å². The van der Waals surface area contributed by atoms with Crippen molar-refractivity contribution >= 4 is 0 Å². The van der Waals surface area contributed by atoms with Crippen LogP contribution in [0.3, 0.4) is 0 Å². The van der Waals surface area contributed by atoms with Crippen molar-refractivity contribution < 1.29 is 81.0 Å². The van der Waals surface area contributed by atoms with E-state index < -0.39 is 0 Å². The van der Waals surface area contributed by atoms with Crippen molar-refractivity contribution in [3.05, 3.63) is 0 Å². The minimum absolute atomic E-state index is 0. The van der Waals surface area contributed by atoms with Gasteiger partial charge in [-0.3, -0.25) is 0 Å². The van der Waals surface area contributed by atoms with Gasteiger partial charge in [0.2, 0.25) is 0 Å². The molecule has 0 radical (unpaired) electrons. The maximum absolute atomic E-state index is 0. The van der Waals surface area contributed by atoms with E-state index in [1.807, 2.05) is 0 Å². The zero-order valence-electron chi connectivity index (χ0n) is 5.50. The van der Waals surface area contributed by atoms with Crippen LogP contribution in [0.1, 0.15) is 0 Å². The topological polar surface area (TPSA) is 315 Å². The van der Waals surface area contributed by atoms with E-state index in [-0.39, 0.29) is 81.0 Å². The molecule has 0 aliphatic carbocycles. The van der Waals surface area contributed by atoms with Gasteiger partial charge in [-0.25, -0.2) is 0 Å². The van der Waals surface area contributed by atoms with E-state index in [0.717, 1.165) is 0 Å². The Hall–Kier alpha value is 0.483. The summed E-state index contributed by atoms with van der Waals surface area (Å²) in [7, 11) is 0. The van der Waals surface area contributed by atoms with Crippen molar-refractivity contribution in [1.82, 2.24) is 0 Å². The Morgan fingerprint density at radius 1 is 0.182 bits per heavy atom. The Morgan fingerprint density at radius 3 is 0.182 bits per heavy atom. The molecule has 84 valence electrons. The fraction of sp³-hybridized carbons (Fsp3) is 0. The zero-order chi connectivity index (χ0) is 0. The largest absolute Gasteiger partial charge is 0.412 e. The number of rotatable bonds is 0. The molecule has 0 aliphatic heterocycles. The second kappa shape index (κ2) is 4040. The van der Waals surface area contributed by atoms with E-state index in [0.29, 0.717) is 0 Å². The minimum Gasteiger partial charge on any atom is -0.412 e. The van der Waals surface area contributed by atoms with Gasteiger partial charge in [-0.15, -0.1) is 0 Å². The Labute approximate surface area is 81.4 Å². The molecule has 0 saturated heterocycles. The summed E-state index contributed by atoms with van der Waals surface area (Å²) in [6.45, 7) is 0. The smallest absolute Gasteiger partial charge is 0 e. The average molecular weight is 271 g/mol. The van der Waals surface area contributed by atoms with Crippen LogP contribution in [0, 0.1) is 0 Å². The predicted molar refractivity (Wildman–Crippen MR) is 36.1 cm³/mol. The van der Waals surface area contributed by atoms with Crippen LogP contribution in [-0.4, -0.2) is 54.8 Å². The average Bonchev–Trinajstić information content (AvgIpc) is 0. The molecule has 11 heavy (non-hydrogen) atoms. The van der Waals surface area contributed by atoms with Gasteiger partial charge in [0.1, 0.15) is 0 Å². The molecular weight excluding hydrogens is 251 g/mol. The molecule has 10 nitrogen and oxygen atoms in total. The normalized spacial score (nSPS) is 0. The van der Waals surface area contributed by atoms with Gasteiger partial charge in [0.05, 0.1) is 0 Å². The van der Waals surface area contributed by atoms with E-state index in [9.17, 15) is 0 Å². The van der Waals surface area contributed by atoms with Crippen LogP contribution in [0.5, 0.6) is 0 Å². The van der Waals surface area contributed by atoms with Crippen molar-refractivity contribution in [2.24, 2.45) is 0 Å². The summed E-state index contributed by atoms with van der Waals surface area (Å²) in [4.78, 5) is 0. The summed E-state index contributed by atoms with van der Waals surface area (Å²) in [5, 5.41) is 0. The second-order valence-electron chi connectivity index (χ2n) is 0. The van der Waals surface area contributed by atoms with Crippen molar-refractivity contribution in [2.45, 2.75) is 0 Å². The third-order valence-corrected chi connectivity index (χ3v) is 0. The molecule has 0 amide bonds. The van der Waals surface area contributed by atoms with Gasteiger partial charge in [-0.1, -0.05) is 0 Å². The maximum atomic E-state index is 0. The standard InChI is InChI=1S/10H2O.Zr/h10*1H2;. The van der Waals surface area contributed by atoms with Crippen LogP contribution >= 0.6 is 0 Å². The van der Waals surface area contributed by atoms with E-state index in [1.54, 1.807) is 0 Å². The van der Waals surface area contributed by atoms with E-state index >= 15 is 0 Å². The first-order valence-electron chi connectivity index (χ1n) is 0. The van der Waals surface area contributed by atoms with Crippen molar-refractivity contribution in [3.8, 4) is 0 Å². The van der Waals surface area contributed by atoms with Gasteiger partial charge in [0.15, 0.2) is 0 Å². The van der Waals surface area contributed by atoms with Crippen molar-refractivity contribution in [1.29, 1.82) is 0 Å². The number of hydrogen-bond donors (Lipinski definition) is 0. The SMILES string of the molecule is O.O.O.O.O.O.O.O.O.O.[Zr]. The molecule has 0 atom stereocenters. The first-order chi connectivity index (χ1) is 0. The second-order valence-corrected chi connectivity index (χ2v) is 0. The van der Waals surface area contributed by atoms with E-state index in [2.05, 4.69) is 0 Å². The molecule has 0 aromatic rings. The number of hydrogen-bond acceptors (Lipinski definition) is 0. The molecule has 0 heterocycles. The summed E-state index contributed by atoms with van der Waals surface area (Å²) in [5.41, 5.74) is 0. The Balaban J connectivity index is 0. The first-order valence-corrected chi connectivity index (χ1v) is 0. The summed E-state index contributed by atoms with van der Waals surface area (Å²) < 4.78 is 0. The third kappa shape index (κ3) is 3230. The molecule has 0 fully saturated rings. The van der Waals surface area contributed by atoms with E-state index in [4.69, 9.17) is 0 Å². The summed E-state index contributed by atoms with van der Waals surface area (Å²) >= 11 is 0. The van der Waals surface area contributed by atoms with E-state index in [1.165, 1.54) is 0 Å². The fourth-order valence-electron chi connectivity index (χ4n) is 0. The van der Waals surface area contributed by atoms with Crippen LogP contribution in [0.4, 0.5) is 0 Å². The van der Waals surface area contributed by atoms with Crippen LogP contribution in [-0.2, 0) is 26.2 Å². The molecular formula is H20O10Zr. The molecule has 11 heteroatoms. The molecule has 0 unspecified atom stereocenters. The first kappa shape index (κ1) is 5410. The predicted octanol–water partition coefficient (Wildman–Crippen LogP) is -8.25. The fourth-order valence-corrected chi connectivity index (χ4v) is 0. The molecule has 0 rings (SSSR count). The third-order valence-electron chi connectivity index (χ3n) is 0. The molecule has 0 aromatic heterocycles. The van der Waals surface area contributed by atoms with Gasteiger partial charge in [-0.05, 0) is 0 Å². The Morgan fingerprint density at radius 2 is 0.182 bits per heavy atom. The Kier molecular flexibility index (Phi) is 1990000. The molecule has 0 aliphatic rings. The zero-order valence-corrected chi connectivity index (χ0v) is 7.96. The molecule has 0 spiro atoms. The van der Waals surface area contributed by atoms with Gasteiger partial charge in [-0.2, -0.15) is 0 Å². The summed E-state index contributed by atoms with van der Waals surface area (Å²) in [5.74, 6) is 0. The van der Waals surface area contributed by atoms with Crippen LogP contribution in [0.2, 0.25) is 0 Å². The van der Waals surface area contributed by atoms with Crippen molar-refractivity contribution in [3.63, 3.8) is 0 Å². The summed E-state index contributed by atoms with van der Waals surface area (Å²) in [6.07, 6.45) is 0. The molecule has 0 aromatic carbocycles. The Bertz CT molecular complexity index is 4.83. The van der Waals surface area contributed by atoms with Gasteiger partial charge < -0.3 is 54.8 Å². The van der Waals surface area contributed by atoms with Crippen LogP contribution in [0.25, 0.3) is 0 Å².